The van der Waals surface area contributed by atoms with E-state index in [4.69, 9.17) is 0 Å². The topological polar surface area (TPSA) is 52.6 Å². The van der Waals surface area contributed by atoms with Gasteiger partial charge in [-0.1, -0.05) is 53.7 Å². The van der Waals surface area contributed by atoms with E-state index in [-0.39, 0.29) is 16.7 Å². The Kier molecular flexibility index (Phi) is 5.28. The summed E-state index contributed by atoms with van der Waals surface area (Å²) >= 11 is 0. The van der Waals surface area contributed by atoms with E-state index in [0.717, 1.165) is 42.9 Å². The average Bonchev–Trinajstić information content (AvgIpc) is 2.47. The zero-order chi connectivity index (χ0) is 18.1. The maximum Gasteiger partial charge on any atom is 0.227 e. The molecule has 0 atom stereocenters. The van der Waals surface area contributed by atoms with Crippen LogP contribution in [0.25, 0.3) is 0 Å². The Morgan fingerprint density at radius 1 is 1.04 bits per heavy atom. The van der Waals surface area contributed by atoms with E-state index in [2.05, 4.69) is 46.9 Å². The van der Waals surface area contributed by atoms with Crippen molar-refractivity contribution in [1.82, 2.24) is 10.2 Å². The van der Waals surface area contributed by atoms with Crippen LogP contribution in [0.3, 0.4) is 0 Å². The molecule has 1 amide bonds. The fourth-order valence-electron chi connectivity index (χ4n) is 3.14. The van der Waals surface area contributed by atoms with Gasteiger partial charge in [-0.05, 0) is 27.5 Å². The third-order valence-corrected chi connectivity index (χ3v) is 4.61. The van der Waals surface area contributed by atoms with Gasteiger partial charge in [0.1, 0.15) is 5.75 Å². The maximum absolute atomic E-state index is 12.6. The van der Waals surface area contributed by atoms with Gasteiger partial charge in [-0.15, -0.1) is 0 Å². The van der Waals surface area contributed by atoms with Gasteiger partial charge in [-0.3, -0.25) is 4.79 Å². The van der Waals surface area contributed by atoms with Gasteiger partial charge in [0.2, 0.25) is 5.91 Å². The minimum atomic E-state index is -0.168. The van der Waals surface area contributed by atoms with Crippen molar-refractivity contribution in [2.75, 3.05) is 26.2 Å². The molecule has 2 N–H and O–H groups in total. The first-order valence-electron chi connectivity index (χ1n) is 8.85. The first-order valence-corrected chi connectivity index (χ1v) is 8.85. The Bertz CT molecular complexity index is 568. The number of piperazine rings is 1. The molecule has 1 heterocycles. The lowest BCUT2D eigenvalue weighted by molar-refractivity contribution is -0.131. The molecule has 1 saturated heterocycles. The molecule has 2 rings (SSSR count). The predicted octanol–water partition coefficient (Wildman–Crippen LogP) is 2.96. The summed E-state index contributed by atoms with van der Waals surface area (Å²) in [5.41, 5.74) is 2.48. The van der Waals surface area contributed by atoms with Gasteiger partial charge in [-0.2, -0.15) is 0 Å². The van der Waals surface area contributed by atoms with Crippen LogP contribution in [0, 0.1) is 0 Å². The van der Waals surface area contributed by atoms with E-state index >= 15 is 0 Å². The van der Waals surface area contributed by atoms with Gasteiger partial charge in [0.05, 0.1) is 6.42 Å². The molecular weight excluding hydrogens is 300 g/mol. The van der Waals surface area contributed by atoms with Crippen LogP contribution in [0.4, 0.5) is 0 Å². The normalized spacial score (nSPS) is 16.3. The molecule has 0 aromatic heterocycles. The Morgan fingerprint density at radius 3 is 1.92 bits per heavy atom. The fraction of sp³-hybridized carbons (Fsp3) is 0.650. The number of nitrogens with one attached hydrogen (secondary N) is 1. The first kappa shape index (κ1) is 18.8. The maximum atomic E-state index is 12.6. The minimum Gasteiger partial charge on any atom is -0.507 e. The van der Waals surface area contributed by atoms with Crippen molar-refractivity contribution >= 4 is 5.91 Å². The summed E-state index contributed by atoms with van der Waals surface area (Å²) in [5, 5.41) is 14.0. The molecule has 1 aliphatic rings. The number of carbonyl (C=O) groups is 1. The van der Waals surface area contributed by atoms with Crippen LogP contribution in [-0.4, -0.2) is 42.1 Å². The standard InChI is InChI=1S/C20H32N2O2/c1-19(2,3)15-11-14(12-16(18(15)24)20(4,5)6)13-17(23)22-9-7-21-8-10-22/h11-12,21,24H,7-10,13H2,1-6H3. The molecule has 1 fully saturated rings. The third kappa shape index (κ3) is 4.29. The molecule has 0 radical (unpaired) electrons. The molecule has 0 bridgehead atoms. The fourth-order valence-corrected chi connectivity index (χ4v) is 3.14. The van der Waals surface area contributed by atoms with Crippen LogP contribution < -0.4 is 5.32 Å². The van der Waals surface area contributed by atoms with Crippen LogP contribution in [0.15, 0.2) is 12.1 Å². The highest BCUT2D eigenvalue weighted by Crippen LogP contribution is 2.39. The predicted molar refractivity (Wildman–Crippen MR) is 98.7 cm³/mol. The number of amides is 1. The Hall–Kier alpha value is -1.55. The summed E-state index contributed by atoms with van der Waals surface area (Å²) in [6.45, 7) is 15.8. The van der Waals surface area contributed by atoms with E-state index in [1.54, 1.807) is 0 Å². The van der Waals surface area contributed by atoms with Gasteiger partial charge < -0.3 is 15.3 Å². The second kappa shape index (κ2) is 6.75. The van der Waals surface area contributed by atoms with Gasteiger partial charge >= 0.3 is 0 Å². The van der Waals surface area contributed by atoms with Gasteiger partial charge in [0.15, 0.2) is 0 Å². The molecule has 1 aromatic rings. The molecule has 1 aliphatic heterocycles. The molecule has 24 heavy (non-hydrogen) atoms. The lowest BCUT2D eigenvalue weighted by Crippen LogP contribution is -2.47. The van der Waals surface area contributed by atoms with Crippen LogP contribution in [0.5, 0.6) is 5.75 Å². The molecule has 4 heteroatoms. The molecule has 0 spiro atoms. The quantitative estimate of drug-likeness (QED) is 0.875. The van der Waals surface area contributed by atoms with E-state index in [1.807, 2.05) is 17.0 Å². The highest BCUT2D eigenvalue weighted by molar-refractivity contribution is 5.79. The summed E-state index contributed by atoms with van der Waals surface area (Å²) in [5.74, 6) is 0.537. The number of phenols is 1. The number of rotatable bonds is 2. The molecule has 1 aromatic carbocycles. The van der Waals surface area contributed by atoms with Gasteiger partial charge in [0.25, 0.3) is 0 Å². The minimum absolute atomic E-state index is 0.168. The number of phenolic OH excluding ortho intramolecular Hbond substituents is 1. The van der Waals surface area contributed by atoms with Crippen molar-refractivity contribution < 1.29 is 9.90 Å². The number of aromatic hydroxyl groups is 1. The van der Waals surface area contributed by atoms with E-state index in [9.17, 15) is 9.90 Å². The summed E-state index contributed by atoms with van der Waals surface area (Å²) in [6, 6.07) is 4.01. The number of nitrogens with zero attached hydrogens (tertiary/aromatic N) is 1. The van der Waals surface area contributed by atoms with Crippen molar-refractivity contribution in [2.45, 2.75) is 58.8 Å². The van der Waals surface area contributed by atoms with Crippen molar-refractivity contribution in [3.63, 3.8) is 0 Å². The largest absolute Gasteiger partial charge is 0.507 e. The van der Waals surface area contributed by atoms with Crippen molar-refractivity contribution in [2.24, 2.45) is 0 Å². The highest BCUT2D eigenvalue weighted by atomic mass is 16.3. The van der Waals surface area contributed by atoms with E-state index in [1.165, 1.54) is 0 Å². The summed E-state index contributed by atoms with van der Waals surface area (Å²) in [7, 11) is 0. The Morgan fingerprint density at radius 2 is 1.50 bits per heavy atom. The van der Waals surface area contributed by atoms with Crippen LogP contribution in [-0.2, 0) is 22.0 Å². The van der Waals surface area contributed by atoms with Crippen LogP contribution in [0.1, 0.15) is 58.2 Å². The SMILES string of the molecule is CC(C)(C)c1cc(CC(=O)N2CCNCC2)cc(C(C)(C)C)c1O. The molecule has 0 unspecified atom stereocenters. The average molecular weight is 332 g/mol. The molecule has 134 valence electrons. The molecule has 0 aliphatic carbocycles. The Balaban J connectivity index is 2.37. The van der Waals surface area contributed by atoms with Crippen LogP contribution in [0.2, 0.25) is 0 Å². The summed E-state index contributed by atoms with van der Waals surface area (Å²) in [6.07, 6.45) is 0.395. The summed E-state index contributed by atoms with van der Waals surface area (Å²) < 4.78 is 0. The highest BCUT2D eigenvalue weighted by Gasteiger charge is 2.27. The second-order valence-electron chi connectivity index (χ2n) is 8.85. The number of benzene rings is 1. The summed E-state index contributed by atoms with van der Waals surface area (Å²) in [4.78, 5) is 14.5. The third-order valence-electron chi connectivity index (χ3n) is 4.61. The smallest absolute Gasteiger partial charge is 0.227 e. The monoisotopic (exact) mass is 332 g/mol. The molecular formula is C20H32N2O2. The first-order chi connectivity index (χ1) is 11.0. The van der Waals surface area contributed by atoms with Crippen LogP contribution >= 0.6 is 0 Å². The van der Waals surface area contributed by atoms with Crippen molar-refractivity contribution in [1.29, 1.82) is 0 Å². The zero-order valence-electron chi connectivity index (χ0n) is 16.0. The Labute approximate surface area is 146 Å². The van der Waals surface area contributed by atoms with E-state index < -0.39 is 0 Å². The lowest BCUT2D eigenvalue weighted by atomic mass is 9.78. The van der Waals surface area contributed by atoms with Crippen molar-refractivity contribution in [3.8, 4) is 5.75 Å². The number of hydrogen-bond donors (Lipinski definition) is 2. The number of hydrogen-bond acceptors (Lipinski definition) is 3. The number of carbonyl (C=O) groups excluding carboxylic acids is 1. The lowest BCUT2D eigenvalue weighted by Gasteiger charge is -2.30. The van der Waals surface area contributed by atoms with E-state index in [0.29, 0.717) is 12.2 Å². The van der Waals surface area contributed by atoms with Gasteiger partial charge in [0, 0.05) is 26.2 Å². The molecule has 0 saturated carbocycles. The van der Waals surface area contributed by atoms with Crippen molar-refractivity contribution in [3.05, 3.63) is 28.8 Å². The zero-order valence-corrected chi connectivity index (χ0v) is 16.0. The van der Waals surface area contributed by atoms with Gasteiger partial charge in [-0.25, -0.2) is 0 Å². The molecule has 4 nitrogen and oxygen atoms in total. The second-order valence-corrected chi connectivity index (χ2v) is 8.85.